The van der Waals surface area contributed by atoms with Crippen LogP contribution in [0.3, 0.4) is 0 Å². The largest absolute Gasteiger partial charge is 0.326 e. The molecular weight excluding hydrogens is 268 g/mol. The second-order valence-electron chi connectivity index (χ2n) is 3.93. The molecule has 0 saturated carbocycles. The Morgan fingerprint density at radius 2 is 2.06 bits per heavy atom. The first kappa shape index (κ1) is 11.4. The third-order valence-electron chi connectivity index (χ3n) is 2.86. The van der Waals surface area contributed by atoms with Gasteiger partial charge in [0.25, 0.3) is 0 Å². The van der Waals surface area contributed by atoms with Gasteiger partial charge in [0.1, 0.15) is 16.7 Å². The van der Waals surface area contributed by atoms with Crippen LogP contribution in [0.4, 0.5) is 0 Å². The molecule has 18 heavy (non-hydrogen) atoms. The lowest BCUT2D eigenvalue weighted by Gasteiger charge is -2.17. The zero-order chi connectivity index (χ0) is 12.7. The smallest absolute Gasteiger partial charge is 0.195 e. The van der Waals surface area contributed by atoms with Crippen LogP contribution in [0.15, 0.2) is 40.3 Å². The summed E-state index contributed by atoms with van der Waals surface area (Å²) in [5.41, 5.74) is 2.21. The molecule has 0 bridgehead atoms. The monoisotopic (exact) mass is 274 g/mol. The van der Waals surface area contributed by atoms with E-state index in [1.807, 2.05) is 40.6 Å². The van der Waals surface area contributed by atoms with Gasteiger partial charge in [0.2, 0.25) is 0 Å². The zero-order valence-electron chi connectivity index (χ0n) is 9.18. The molecule has 3 nitrogen and oxygen atoms in total. The summed E-state index contributed by atoms with van der Waals surface area (Å²) in [7, 11) is 0. The van der Waals surface area contributed by atoms with Crippen LogP contribution in [-0.2, 0) is 4.79 Å². The number of hydrogen-bond donors (Lipinski definition) is 0. The SMILES string of the molecule is N#CC1=C2SC=C(c3ccc(Cl)cc3)N2CC1=O. The van der Waals surface area contributed by atoms with Crippen molar-refractivity contribution in [2.24, 2.45) is 0 Å². The van der Waals surface area contributed by atoms with Gasteiger partial charge in [-0.1, -0.05) is 35.5 Å². The highest BCUT2D eigenvalue weighted by atomic mass is 35.5. The van der Waals surface area contributed by atoms with Crippen molar-refractivity contribution in [1.82, 2.24) is 4.90 Å². The Morgan fingerprint density at radius 1 is 1.33 bits per heavy atom. The lowest BCUT2D eigenvalue weighted by Crippen LogP contribution is -2.16. The van der Waals surface area contributed by atoms with Crippen LogP contribution in [-0.4, -0.2) is 17.2 Å². The predicted molar refractivity (Wildman–Crippen MR) is 71.4 cm³/mol. The van der Waals surface area contributed by atoms with Crippen LogP contribution in [0.25, 0.3) is 5.70 Å². The van der Waals surface area contributed by atoms with Crippen molar-refractivity contribution < 1.29 is 4.79 Å². The molecule has 1 aromatic rings. The fraction of sp³-hybridized carbons (Fsp3) is 0.0769. The summed E-state index contributed by atoms with van der Waals surface area (Å²) in [4.78, 5) is 13.5. The molecule has 1 aromatic carbocycles. The maximum Gasteiger partial charge on any atom is 0.195 e. The lowest BCUT2D eigenvalue weighted by atomic mass is 10.1. The van der Waals surface area contributed by atoms with E-state index in [-0.39, 0.29) is 17.9 Å². The molecule has 2 aliphatic rings. The van der Waals surface area contributed by atoms with Gasteiger partial charge in [-0.15, -0.1) is 0 Å². The molecule has 0 radical (unpaired) electrons. The topological polar surface area (TPSA) is 44.1 Å². The molecule has 5 heteroatoms. The number of ketones is 1. The maximum atomic E-state index is 11.7. The Labute approximate surface area is 113 Å². The third-order valence-corrected chi connectivity index (χ3v) is 4.11. The van der Waals surface area contributed by atoms with E-state index in [0.717, 1.165) is 16.3 Å². The summed E-state index contributed by atoms with van der Waals surface area (Å²) in [6.45, 7) is 0.250. The maximum absolute atomic E-state index is 11.7. The third kappa shape index (κ3) is 1.64. The van der Waals surface area contributed by atoms with E-state index in [2.05, 4.69) is 0 Å². The first-order valence-electron chi connectivity index (χ1n) is 5.28. The number of carbonyl (C=O) groups excluding carboxylic acids is 1. The van der Waals surface area contributed by atoms with Crippen LogP contribution >= 0.6 is 23.4 Å². The van der Waals surface area contributed by atoms with Crippen molar-refractivity contribution in [3.8, 4) is 6.07 Å². The number of benzene rings is 1. The fourth-order valence-electron chi connectivity index (χ4n) is 2.00. The Balaban J connectivity index is 1.99. The van der Waals surface area contributed by atoms with Crippen LogP contribution < -0.4 is 0 Å². The standard InChI is InChI=1S/C13H7ClN2OS/c14-9-3-1-8(2-4-9)11-7-18-13-10(5-15)12(17)6-16(11)13/h1-4,7H,6H2. The molecule has 0 fully saturated rings. The van der Waals surface area contributed by atoms with Gasteiger partial charge in [0, 0.05) is 10.4 Å². The number of rotatable bonds is 1. The van der Waals surface area contributed by atoms with Crippen LogP contribution in [0.5, 0.6) is 0 Å². The molecule has 0 saturated heterocycles. The minimum absolute atomic E-state index is 0.112. The molecule has 3 rings (SSSR count). The molecule has 0 unspecified atom stereocenters. The molecule has 0 amide bonds. The quantitative estimate of drug-likeness (QED) is 0.790. The van der Waals surface area contributed by atoms with Gasteiger partial charge in [-0.05, 0) is 17.7 Å². The predicted octanol–water partition coefficient (Wildman–Crippen LogP) is 3.01. The van der Waals surface area contributed by atoms with Crippen LogP contribution in [0.1, 0.15) is 5.56 Å². The lowest BCUT2D eigenvalue weighted by molar-refractivity contribution is -0.114. The van der Waals surface area contributed by atoms with Crippen LogP contribution in [0.2, 0.25) is 5.02 Å². The van der Waals surface area contributed by atoms with Crippen molar-refractivity contribution in [2.45, 2.75) is 0 Å². The van der Waals surface area contributed by atoms with E-state index in [1.54, 1.807) is 0 Å². The summed E-state index contributed by atoms with van der Waals surface area (Å²) < 4.78 is 0. The normalized spacial score (nSPS) is 17.9. The summed E-state index contributed by atoms with van der Waals surface area (Å²) in [5, 5.41) is 12.3. The molecule has 0 N–H and O–H groups in total. The Hall–Kier alpha value is -1.70. The minimum atomic E-state index is -0.112. The van der Waals surface area contributed by atoms with E-state index >= 15 is 0 Å². The highest BCUT2D eigenvalue weighted by Crippen LogP contribution is 2.44. The highest BCUT2D eigenvalue weighted by Gasteiger charge is 2.35. The van der Waals surface area contributed by atoms with Gasteiger partial charge in [0.05, 0.1) is 12.2 Å². The number of halogens is 1. The molecule has 0 aliphatic carbocycles. The molecular formula is C13H7ClN2OS. The number of fused-ring (bicyclic) bond motifs is 1. The van der Waals surface area contributed by atoms with Gasteiger partial charge >= 0.3 is 0 Å². The summed E-state index contributed by atoms with van der Waals surface area (Å²) in [5.74, 6) is -0.112. The second-order valence-corrected chi connectivity index (χ2v) is 5.22. The number of nitrogens with zero attached hydrogens (tertiary/aromatic N) is 2. The minimum Gasteiger partial charge on any atom is -0.326 e. The van der Waals surface area contributed by atoms with Gasteiger partial charge in [-0.2, -0.15) is 5.26 Å². The number of Topliss-reactive ketones (excluding diaryl/α,β-unsaturated/α-hetero) is 1. The van der Waals surface area contributed by atoms with Crippen molar-refractivity contribution >= 4 is 34.8 Å². The van der Waals surface area contributed by atoms with E-state index in [4.69, 9.17) is 16.9 Å². The molecule has 0 atom stereocenters. The van der Waals surface area contributed by atoms with Gasteiger partial charge in [0.15, 0.2) is 5.78 Å². The molecule has 88 valence electrons. The number of carbonyl (C=O) groups is 1. The zero-order valence-corrected chi connectivity index (χ0v) is 10.8. The van der Waals surface area contributed by atoms with Crippen molar-refractivity contribution in [2.75, 3.05) is 6.54 Å². The van der Waals surface area contributed by atoms with Gasteiger partial charge in [-0.3, -0.25) is 4.79 Å². The highest BCUT2D eigenvalue weighted by molar-refractivity contribution is 8.06. The molecule has 2 heterocycles. The Kier molecular flexibility index (Phi) is 2.66. The van der Waals surface area contributed by atoms with E-state index in [9.17, 15) is 4.79 Å². The van der Waals surface area contributed by atoms with E-state index in [0.29, 0.717) is 5.02 Å². The first-order valence-corrected chi connectivity index (χ1v) is 6.54. The summed E-state index contributed by atoms with van der Waals surface area (Å²) >= 11 is 7.28. The van der Waals surface area contributed by atoms with E-state index < -0.39 is 0 Å². The Morgan fingerprint density at radius 3 is 2.72 bits per heavy atom. The van der Waals surface area contributed by atoms with Crippen molar-refractivity contribution in [1.29, 1.82) is 5.26 Å². The fourth-order valence-corrected chi connectivity index (χ4v) is 3.18. The Bertz CT molecular complexity index is 640. The first-order chi connectivity index (χ1) is 8.70. The summed E-state index contributed by atoms with van der Waals surface area (Å²) in [6, 6.07) is 9.42. The van der Waals surface area contributed by atoms with Crippen molar-refractivity contribution in [3.05, 3.63) is 50.9 Å². The number of thioether (sulfide) groups is 1. The molecule has 0 spiro atoms. The number of nitriles is 1. The number of hydrogen-bond acceptors (Lipinski definition) is 4. The second kappa shape index (κ2) is 4.20. The van der Waals surface area contributed by atoms with Crippen molar-refractivity contribution in [3.63, 3.8) is 0 Å². The average molecular weight is 275 g/mol. The van der Waals surface area contributed by atoms with Crippen LogP contribution in [0, 0.1) is 11.3 Å². The molecule has 2 aliphatic heterocycles. The molecule has 0 aromatic heterocycles. The summed E-state index contributed by atoms with van der Waals surface area (Å²) in [6.07, 6.45) is 0. The van der Waals surface area contributed by atoms with Gasteiger partial charge in [-0.25, -0.2) is 0 Å². The van der Waals surface area contributed by atoms with Gasteiger partial charge < -0.3 is 4.90 Å². The van der Waals surface area contributed by atoms with E-state index in [1.165, 1.54) is 11.8 Å². The average Bonchev–Trinajstić information content (AvgIpc) is 2.88.